The Morgan fingerprint density at radius 2 is 2.33 bits per heavy atom. The number of hydrogen-bond donors (Lipinski definition) is 3. The lowest BCUT2D eigenvalue weighted by molar-refractivity contribution is -0.122. The van der Waals surface area contributed by atoms with E-state index in [1.165, 1.54) is 0 Å². The number of nitrogens with zero attached hydrogens (tertiary/aromatic N) is 1. The zero-order valence-electron chi connectivity index (χ0n) is 12.3. The molecular weight excluding hydrogens is 268 g/mol. The molecule has 21 heavy (non-hydrogen) atoms. The quantitative estimate of drug-likeness (QED) is 0.756. The predicted octanol–water partition coefficient (Wildman–Crippen LogP) is 1.73. The van der Waals surface area contributed by atoms with Crippen LogP contribution in [0.3, 0.4) is 0 Å². The molecule has 3 N–H and O–H groups in total. The van der Waals surface area contributed by atoms with Gasteiger partial charge in [-0.3, -0.25) is 9.89 Å². The van der Waals surface area contributed by atoms with Crippen molar-refractivity contribution in [3.63, 3.8) is 0 Å². The van der Waals surface area contributed by atoms with Gasteiger partial charge < -0.3 is 15.1 Å². The summed E-state index contributed by atoms with van der Waals surface area (Å²) >= 11 is 0. The normalized spacial score (nSPS) is 15.9. The molecule has 3 rings (SSSR count). The number of nitrogens with one attached hydrogen (secondary N) is 3. The maximum atomic E-state index is 11.9. The standard InChI is InChI=1S/C15H20N4O2/c1-9-3-6-13(21-9)14-11(8-17-19-14)7-16-10(2)15(20)18-12-4-5-12/h3,6,8,10,12,16H,4-5,7H2,1-2H3,(H,17,19)(H,18,20). The number of aryl methyl sites for hydroxylation is 1. The van der Waals surface area contributed by atoms with Crippen LogP contribution in [0, 0.1) is 6.92 Å². The van der Waals surface area contributed by atoms with Crippen molar-refractivity contribution in [3.05, 3.63) is 29.7 Å². The number of H-pyrrole nitrogens is 1. The number of furan rings is 1. The van der Waals surface area contributed by atoms with Gasteiger partial charge in [-0.1, -0.05) is 0 Å². The number of aromatic amines is 1. The number of carbonyl (C=O) groups is 1. The number of rotatable bonds is 6. The van der Waals surface area contributed by atoms with Gasteiger partial charge in [0.1, 0.15) is 11.5 Å². The zero-order chi connectivity index (χ0) is 14.8. The van der Waals surface area contributed by atoms with E-state index < -0.39 is 0 Å². The predicted molar refractivity (Wildman–Crippen MR) is 78.5 cm³/mol. The third-order valence-electron chi connectivity index (χ3n) is 3.62. The molecule has 1 atom stereocenters. The Kier molecular flexibility index (Phi) is 3.79. The van der Waals surface area contributed by atoms with Crippen molar-refractivity contribution in [1.29, 1.82) is 0 Å². The highest BCUT2D eigenvalue weighted by atomic mass is 16.3. The maximum Gasteiger partial charge on any atom is 0.237 e. The van der Waals surface area contributed by atoms with Crippen LogP contribution in [0.5, 0.6) is 0 Å². The molecule has 0 aromatic carbocycles. The van der Waals surface area contributed by atoms with Gasteiger partial charge in [-0.25, -0.2) is 0 Å². The summed E-state index contributed by atoms with van der Waals surface area (Å²) in [4.78, 5) is 11.9. The summed E-state index contributed by atoms with van der Waals surface area (Å²) in [5.74, 6) is 1.67. The number of carbonyl (C=O) groups excluding carboxylic acids is 1. The molecule has 1 fully saturated rings. The molecule has 2 heterocycles. The second-order valence-corrected chi connectivity index (χ2v) is 5.57. The van der Waals surface area contributed by atoms with Crippen LogP contribution in [0.4, 0.5) is 0 Å². The van der Waals surface area contributed by atoms with Gasteiger partial charge in [0.05, 0.1) is 12.2 Å². The van der Waals surface area contributed by atoms with Crippen LogP contribution in [-0.2, 0) is 11.3 Å². The molecule has 6 nitrogen and oxygen atoms in total. The number of hydrogen-bond acceptors (Lipinski definition) is 4. The Morgan fingerprint density at radius 3 is 3.00 bits per heavy atom. The van der Waals surface area contributed by atoms with Gasteiger partial charge >= 0.3 is 0 Å². The van der Waals surface area contributed by atoms with Crippen molar-refractivity contribution in [2.24, 2.45) is 0 Å². The highest BCUT2D eigenvalue weighted by Crippen LogP contribution is 2.23. The summed E-state index contributed by atoms with van der Waals surface area (Å²) < 4.78 is 5.61. The second-order valence-electron chi connectivity index (χ2n) is 5.57. The molecule has 0 radical (unpaired) electrons. The molecule has 0 spiro atoms. The molecule has 2 aromatic rings. The first kappa shape index (κ1) is 13.9. The van der Waals surface area contributed by atoms with E-state index in [1.54, 1.807) is 6.20 Å². The fraction of sp³-hybridized carbons (Fsp3) is 0.467. The van der Waals surface area contributed by atoms with E-state index in [2.05, 4.69) is 20.8 Å². The van der Waals surface area contributed by atoms with E-state index in [0.717, 1.165) is 35.6 Å². The molecular formula is C15H20N4O2. The van der Waals surface area contributed by atoms with Crippen molar-refractivity contribution >= 4 is 5.91 Å². The molecule has 1 amide bonds. The van der Waals surface area contributed by atoms with Crippen molar-refractivity contribution in [3.8, 4) is 11.5 Å². The van der Waals surface area contributed by atoms with Gasteiger partial charge in [-0.05, 0) is 38.8 Å². The van der Waals surface area contributed by atoms with E-state index in [1.807, 2.05) is 26.0 Å². The SMILES string of the molecule is Cc1ccc(-c2[nH]ncc2CNC(C)C(=O)NC2CC2)o1. The summed E-state index contributed by atoms with van der Waals surface area (Å²) in [6.07, 6.45) is 3.95. The third-order valence-corrected chi connectivity index (χ3v) is 3.62. The molecule has 2 aromatic heterocycles. The first-order valence-electron chi connectivity index (χ1n) is 7.26. The average molecular weight is 288 g/mol. The summed E-state index contributed by atoms with van der Waals surface area (Å²) in [5.41, 5.74) is 1.83. The molecule has 6 heteroatoms. The van der Waals surface area contributed by atoms with Crippen LogP contribution < -0.4 is 10.6 Å². The number of aromatic nitrogens is 2. The van der Waals surface area contributed by atoms with Gasteiger partial charge in [0, 0.05) is 18.2 Å². The smallest absolute Gasteiger partial charge is 0.237 e. The van der Waals surface area contributed by atoms with Crippen molar-refractivity contribution < 1.29 is 9.21 Å². The first-order chi connectivity index (χ1) is 10.1. The van der Waals surface area contributed by atoms with Crippen molar-refractivity contribution in [2.75, 3.05) is 0 Å². The topological polar surface area (TPSA) is 83.0 Å². The van der Waals surface area contributed by atoms with Crippen LogP contribution in [0.2, 0.25) is 0 Å². The lowest BCUT2D eigenvalue weighted by atomic mass is 10.2. The van der Waals surface area contributed by atoms with Gasteiger partial charge in [-0.15, -0.1) is 0 Å². The first-order valence-corrected chi connectivity index (χ1v) is 7.26. The van der Waals surface area contributed by atoms with Crippen LogP contribution in [-0.4, -0.2) is 28.2 Å². The lowest BCUT2D eigenvalue weighted by Gasteiger charge is -2.13. The zero-order valence-corrected chi connectivity index (χ0v) is 12.3. The maximum absolute atomic E-state index is 11.9. The van der Waals surface area contributed by atoms with Crippen LogP contribution in [0.25, 0.3) is 11.5 Å². The fourth-order valence-electron chi connectivity index (χ4n) is 2.14. The molecule has 0 aliphatic heterocycles. The van der Waals surface area contributed by atoms with Crippen molar-refractivity contribution in [1.82, 2.24) is 20.8 Å². The highest BCUT2D eigenvalue weighted by molar-refractivity contribution is 5.81. The summed E-state index contributed by atoms with van der Waals surface area (Å²) in [7, 11) is 0. The Bertz CT molecular complexity index is 627. The van der Waals surface area contributed by atoms with Crippen molar-refractivity contribution in [2.45, 2.75) is 45.3 Å². The summed E-state index contributed by atoms with van der Waals surface area (Å²) in [5, 5.41) is 13.2. The molecule has 1 aliphatic carbocycles. The van der Waals surface area contributed by atoms with Gasteiger partial charge in [0.2, 0.25) is 5.91 Å². The Balaban J connectivity index is 1.60. The molecule has 112 valence electrons. The number of amides is 1. The molecule has 0 bridgehead atoms. The lowest BCUT2D eigenvalue weighted by Crippen LogP contribution is -2.42. The summed E-state index contributed by atoms with van der Waals surface area (Å²) in [6.45, 7) is 4.33. The minimum Gasteiger partial charge on any atom is -0.460 e. The van der Waals surface area contributed by atoms with Crippen LogP contribution >= 0.6 is 0 Å². The highest BCUT2D eigenvalue weighted by Gasteiger charge is 2.25. The van der Waals surface area contributed by atoms with E-state index >= 15 is 0 Å². The molecule has 0 saturated heterocycles. The largest absolute Gasteiger partial charge is 0.460 e. The Morgan fingerprint density at radius 1 is 1.52 bits per heavy atom. The van der Waals surface area contributed by atoms with Gasteiger partial charge in [0.25, 0.3) is 0 Å². The minimum atomic E-state index is -0.230. The van der Waals surface area contributed by atoms with E-state index in [4.69, 9.17) is 4.42 Å². The molecule has 1 saturated carbocycles. The van der Waals surface area contributed by atoms with Gasteiger partial charge in [-0.2, -0.15) is 5.10 Å². The van der Waals surface area contributed by atoms with E-state index in [-0.39, 0.29) is 11.9 Å². The fourth-order valence-corrected chi connectivity index (χ4v) is 2.14. The van der Waals surface area contributed by atoms with E-state index in [0.29, 0.717) is 12.6 Å². The van der Waals surface area contributed by atoms with E-state index in [9.17, 15) is 4.79 Å². The van der Waals surface area contributed by atoms with Crippen LogP contribution in [0.15, 0.2) is 22.7 Å². The monoisotopic (exact) mass is 288 g/mol. The van der Waals surface area contributed by atoms with Gasteiger partial charge in [0.15, 0.2) is 5.76 Å². The molecule has 1 aliphatic rings. The third kappa shape index (κ3) is 3.33. The Labute approximate surface area is 123 Å². The Hall–Kier alpha value is -2.08. The van der Waals surface area contributed by atoms with Crippen LogP contribution in [0.1, 0.15) is 31.1 Å². The molecule has 1 unspecified atom stereocenters. The second kappa shape index (κ2) is 5.73. The minimum absolute atomic E-state index is 0.0522. The summed E-state index contributed by atoms with van der Waals surface area (Å²) in [6, 6.07) is 3.98. The average Bonchev–Trinajstić information content (AvgIpc) is 2.99.